The quantitative estimate of drug-likeness (QED) is 0.715. The van der Waals surface area contributed by atoms with Crippen molar-refractivity contribution in [2.75, 3.05) is 5.75 Å². The molecule has 1 aromatic carbocycles. The van der Waals surface area contributed by atoms with Crippen LogP contribution in [0.2, 0.25) is 5.02 Å². The summed E-state index contributed by atoms with van der Waals surface area (Å²) < 4.78 is 1.98. The van der Waals surface area contributed by atoms with E-state index in [4.69, 9.17) is 16.7 Å². The number of rotatable bonds is 5. The van der Waals surface area contributed by atoms with E-state index in [-0.39, 0.29) is 5.75 Å². The van der Waals surface area contributed by atoms with Crippen LogP contribution in [-0.4, -0.2) is 26.4 Å². The van der Waals surface area contributed by atoms with E-state index in [1.165, 1.54) is 11.8 Å². The van der Waals surface area contributed by atoms with E-state index in [1.54, 1.807) is 11.3 Å². The number of fused-ring (bicyclic) bond motifs is 1. The van der Waals surface area contributed by atoms with Crippen LogP contribution in [0, 0.1) is 0 Å². The fourth-order valence-electron chi connectivity index (χ4n) is 2.07. The summed E-state index contributed by atoms with van der Waals surface area (Å²) in [5.74, 6) is -0.884. The van der Waals surface area contributed by atoms with Crippen molar-refractivity contribution in [1.29, 1.82) is 0 Å². The number of thiophene rings is 1. The Balaban J connectivity index is 2.07. The molecule has 0 bridgehead atoms. The first-order valence-corrected chi connectivity index (χ1v) is 8.46. The second-order valence-electron chi connectivity index (χ2n) is 4.40. The minimum atomic E-state index is -0.861. The molecule has 0 aliphatic rings. The van der Waals surface area contributed by atoms with Gasteiger partial charge < -0.3 is 9.67 Å². The fourth-order valence-corrected chi connectivity index (χ4v) is 3.73. The van der Waals surface area contributed by atoms with Gasteiger partial charge in [-0.1, -0.05) is 29.4 Å². The number of carboxylic acid groups (broad SMARTS) is 1. The zero-order chi connectivity index (χ0) is 14.8. The van der Waals surface area contributed by atoms with Crippen LogP contribution in [0.3, 0.4) is 0 Å². The van der Waals surface area contributed by atoms with Gasteiger partial charge in [-0.25, -0.2) is 4.98 Å². The molecule has 3 rings (SSSR count). The highest BCUT2D eigenvalue weighted by Crippen LogP contribution is 2.30. The molecule has 0 spiro atoms. The van der Waals surface area contributed by atoms with Gasteiger partial charge in [0, 0.05) is 0 Å². The maximum atomic E-state index is 10.8. The summed E-state index contributed by atoms with van der Waals surface area (Å²) in [4.78, 5) is 15.3. The minimum Gasteiger partial charge on any atom is -0.481 e. The monoisotopic (exact) mass is 338 g/mol. The number of halogens is 1. The number of nitrogens with zero attached hydrogens (tertiary/aromatic N) is 2. The molecule has 4 nitrogen and oxygen atoms in total. The number of benzene rings is 1. The highest BCUT2D eigenvalue weighted by molar-refractivity contribution is 7.99. The average molecular weight is 339 g/mol. The van der Waals surface area contributed by atoms with Crippen molar-refractivity contribution in [3.05, 3.63) is 45.6 Å². The zero-order valence-corrected chi connectivity index (χ0v) is 13.2. The molecular formula is C14H11ClN2O2S2. The van der Waals surface area contributed by atoms with Crippen molar-refractivity contribution in [2.45, 2.75) is 11.7 Å². The molecule has 0 saturated heterocycles. The van der Waals surface area contributed by atoms with Crippen molar-refractivity contribution in [3.63, 3.8) is 0 Å². The molecule has 1 N–H and O–H groups in total. The van der Waals surface area contributed by atoms with Gasteiger partial charge in [-0.05, 0) is 34.5 Å². The average Bonchev–Trinajstić information content (AvgIpc) is 3.06. The molecular weight excluding hydrogens is 328 g/mol. The Labute approximate surface area is 134 Å². The lowest BCUT2D eigenvalue weighted by Gasteiger charge is -2.08. The number of hydrogen-bond acceptors (Lipinski definition) is 4. The third kappa shape index (κ3) is 3.07. The predicted octanol–water partition coefficient (Wildman–Crippen LogP) is 3.98. The highest BCUT2D eigenvalue weighted by Gasteiger charge is 2.15. The fraction of sp³-hybridized carbons (Fsp3) is 0.143. The lowest BCUT2D eigenvalue weighted by Crippen LogP contribution is -2.04. The lowest BCUT2D eigenvalue weighted by molar-refractivity contribution is -0.133. The Hall–Kier alpha value is -1.50. The molecule has 108 valence electrons. The Kier molecular flexibility index (Phi) is 4.19. The number of carbonyl (C=O) groups is 1. The van der Waals surface area contributed by atoms with Gasteiger partial charge >= 0.3 is 5.97 Å². The minimum absolute atomic E-state index is 0.0232. The number of aliphatic carboxylic acids is 1. The summed E-state index contributed by atoms with van der Waals surface area (Å²) in [7, 11) is 0. The van der Waals surface area contributed by atoms with Crippen molar-refractivity contribution >= 4 is 51.7 Å². The molecule has 7 heteroatoms. The standard InChI is InChI=1S/C14H11ClN2O2S2/c15-10-2-1-3-11-13(10)17(6-9-4-5-20-7-9)14(16-11)21-8-12(18)19/h1-5,7H,6,8H2,(H,18,19). The highest BCUT2D eigenvalue weighted by atomic mass is 35.5. The van der Waals surface area contributed by atoms with Gasteiger partial charge in [0.25, 0.3) is 0 Å². The molecule has 21 heavy (non-hydrogen) atoms. The smallest absolute Gasteiger partial charge is 0.313 e. The topological polar surface area (TPSA) is 55.1 Å². The summed E-state index contributed by atoms with van der Waals surface area (Å²) in [5.41, 5.74) is 2.78. The Morgan fingerprint density at radius 3 is 3.00 bits per heavy atom. The summed E-state index contributed by atoms with van der Waals surface area (Å²) in [6, 6.07) is 7.59. The van der Waals surface area contributed by atoms with Crippen LogP contribution in [0.1, 0.15) is 5.56 Å². The molecule has 2 aromatic heterocycles. The number of carboxylic acids is 1. The van der Waals surface area contributed by atoms with Gasteiger partial charge in [0.15, 0.2) is 5.16 Å². The molecule has 0 radical (unpaired) electrons. The number of hydrogen-bond donors (Lipinski definition) is 1. The van der Waals surface area contributed by atoms with Gasteiger partial charge in [-0.2, -0.15) is 11.3 Å². The van der Waals surface area contributed by atoms with E-state index < -0.39 is 5.97 Å². The zero-order valence-electron chi connectivity index (χ0n) is 10.8. The lowest BCUT2D eigenvalue weighted by atomic mass is 10.3. The number of aromatic nitrogens is 2. The molecule has 0 atom stereocenters. The summed E-state index contributed by atoms with van der Waals surface area (Å²) in [6.07, 6.45) is 0. The van der Waals surface area contributed by atoms with Crippen LogP contribution in [0.4, 0.5) is 0 Å². The molecule has 0 fully saturated rings. The van der Waals surface area contributed by atoms with E-state index in [0.29, 0.717) is 16.7 Å². The summed E-state index contributed by atoms with van der Waals surface area (Å²) in [6.45, 7) is 0.631. The maximum absolute atomic E-state index is 10.8. The number of imidazole rings is 1. The molecule has 0 saturated carbocycles. The first kappa shape index (κ1) is 14.4. The van der Waals surface area contributed by atoms with Gasteiger partial charge in [-0.15, -0.1) is 0 Å². The van der Waals surface area contributed by atoms with Gasteiger partial charge in [0.2, 0.25) is 0 Å². The first-order valence-electron chi connectivity index (χ1n) is 6.15. The number of para-hydroxylation sites is 1. The van der Waals surface area contributed by atoms with Crippen molar-refractivity contribution in [2.24, 2.45) is 0 Å². The normalized spacial score (nSPS) is 11.1. The van der Waals surface area contributed by atoms with Crippen molar-refractivity contribution < 1.29 is 9.90 Å². The van der Waals surface area contributed by atoms with Gasteiger partial charge in [0.05, 0.1) is 28.4 Å². The Morgan fingerprint density at radius 1 is 1.43 bits per heavy atom. The van der Waals surface area contributed by atoms with Gasteiger partial charge in [0.1, 0.15) is 0 Å². The van der Waals surface area contributed by atoms with Crippen molar-refractivity contribution in [1.82, 2.24) is 9.55 Å². The van der Waals surface area contributed by atoms with Gasteiger partial charge in [-0.3, -0.25) is 4.79 Å². The maximum Gasteiger partial charge on any atom is 0.313 e. The largest absolute Gasteiger partial charge is 0.481 e. The predicted molar refractivity (Wildman–Crippen MR) is 86.5 cm³/mol. The molecule has 3 aromatic rings. The van der Waals surface area contributed by atoms with E-state index in [1.807, 2.05) is 34.2 Å². The molecule has 0 aliphatic heterocycles. The number of thioether (sulfide) groups is 1. The summed E-state index contributed by atoms with van der Waals surface area (Å²) >= 11 is 9.13. The third-order valence-electron chi connectivity index (χ3n) is 2.93. The Bertz CT molecular complexity index is 784. The van der Waals surface area contributed by atoms with Crippen molar-refractivity contribution in [3.8, 4) is 0 Å². The van der Waals surface area contributed by atoms with E-state index in [9.17, 15) is 4.79 Å². The SMILES string of the molecule is O=C(O)CSc1nc2cccc(Cl)c2n1Cc1ccsc1. The van der Waals surface area contributed by atoms with Crippen LogP contribution in [0.25, 0.3) is 11.0 Å². The second-order valence-corrected chi connectivity index (χ2v) is 6.53. The summed E-state index contributed by atoms with van der Waals surface area (Å²) in [5, 5.41) is 14.2. The van der Waals surface area contributed by atoms with E-state index in [2.05, 4.69) is 10.4 Å². The molecule has 0 amide bonds. The van der Waals surface area contributed by atoms with Crippen LogP contribution in [0.5, 0.6) is 0 Å². The van der Waals surface area contributed by atoms with Crippen LogP contribution < -0.4 is 0 Å². The Morgan fingerprint density at radius 2 is 2.29 bits per heavy atom. The van der Waals surface area contributed by atoms with E-state index >= 15 is 0 Å². The van der Waals surface area contributed by atoms with Crippen LogP contribution >= 0.6 is 34.7 Å². The first-order chi connectivity index (χ1) is 10.1. The molecule has 0 aliphatic carbocycles. The molecule has 0 unspecified atom stereocenters. The van der Waals surface area contributed by atoms with Crippen LogP contribution in [-0.2, 0) is 11.3 Å². The van der Waals surface area contributed by atoms with E-state index in [0.717, 1.165) is 16.6 Å². The second kappa shape index (κ2) is 6.09. The third-order valence-corrected chi connectivity index (χ3v) is 4.93. The van der Waals surface area contributed by atoms with Crippen LogP contribution in [0.15, 0.2) is 40.2 Å². The molecule has 2 heterocycles.